The van der Waals surface area contributed by atoms with Gasteiger partial charge in [-0.25, -0.2) is 9.38 Å². The highest BCUT2D eigenvalue weighted by Gasteiger charge is 2.32. The van der Waals surface area contributed by atoms with E-state index >= 15 is 0 Å². The van der Waals surface area contributed by atoms with Gasteiger partial charge in [-0.05, 0) is 65.9 Å². The number of hydrogen-bond donors (Lipinski definition) is 0. The van der Waals surface area contributed by atoms with E-state index in [1.807, 2.05) is 18.2 Å². The van der Waals surface area contributed by atoms with Gasteiger partial charge < -0.3 is 4.42 Å². The molecular formula is C31H19Cl2FN2O2S. The Morgan fingerprint density at radius 1 is 0.949 bits per heavy atom. The molecule has 5 aromatic rings. The van der Waals surface area contributed by atoms with Gasteiger partial charge >= 0.3 is 0 Å². The van der Waals surface area contributed by atoms with Gasteiger partial charge in [-0.1, -0.05) is 77.0 Å². The summed E-state index contributed by atoms with van der Waals surface area (Å²) in [7, 11) is 0. The number of benzene rings is 3. The average Bonchev–Trinajstić information content (AvgIpc) is 3.54. The molecule has 7 rings (SSSR count). The van der Waals surface area contributed by atoms with Crippen molar-refractivity contribution in [3.63, 3.8) is 0 Å². The van der Waals surface area contributed by atoms with Gasteiger partial charge in [0.1, 0.15) is 17.3 Å². The highest BCUT2D eigenvalue weighted by molar-refractivity contribution is 7.07. The van der Waals surface area contributed by atoms with Crippen LogP contribution in [0.5, 0.6) is 0 Å². The highest BCUT2D eigenvalue weighted by atomic mass is 35.5. The minimum Gasteiger partial charge on any atom is -0.457 e. The van der Waals surface area contributed by atoms with Crippen molar-refractivity contribution < 1.29 is 8.81 Å². The fourth-order valence-electron chi connectivity index (χ4n) is 5.37. The molecule has 3 heterocycles. The maximum atomic E-state index is 13.9. The van der Waals surface area contributed by atoms with E-state index in [2.05, 4.69) is 12.1 Å². The van der Waals surface area contributed by atoms with Crippen LogP contribution in [-0.4, -0.2) is 4.57 Å². The Kier molecular flexibility index (Phi) is 5.92. The van der Waals surface area contributed by atoms with Crippen molar-refractivity contribution in [2.24, 2.45) is 4.99 Å². The third-order valence-corrected chi connectivity index (χ3v) is 8.98. The Labute approximate surface area is 236 Å². The largest absolute Gasteiger partial charge is 0.457 e. The summed E-state index contributed by atoms with van der Waals surface area (Å²) in [6.45, 7) is 0. The molecule has 0 saturated carbocycles. The summed E-state index contributed by atoms with van der Waals surface area (Å²) in [5.41, 5.74) is 5.63. The monoisotopic (exact) mass is 572 g/mol. The lowest BCUT2D eigenvalue weighted by molar-refractivity contribution is 0.570. The lowest BCUT2D eigenvalue weighted by Gasteiger charge is -2.30. The van der Waals surface area contributed by atoms with Crippen LogP contribution >= 0.6 is 34.5 Å². The normalized spacial score (nSPS) is 16.5. The summed E-state index contributed by atoms with van der Waals surface area (Å²) >= 11 is 13.9. The number of furan rings is 1. The lowest BCUT2D eigenvalue weighted by Crippen LogP contribution is -2.38. The zero-order chi connectivity index (χ0) is 26.7. The van der Waals surface area contributed by atoms with Crippen LogP contribution in [0.2, 0.25) is 10.0 Å². The van der Waals surface area contributed by atoms with E-state index in [-0.39, 0.29) is 17.4 Å². The van der Waals surface area contributed by atoms with E-state index in [0.29, 0.717) is 36.5 Å². The van der Waals surface area contributed by atoms with Crippen molar-refractivity contribution in [2.75, 3.05) is 0 Å². The topological polar surface area (TPSA) is 47.5 Å². The standard InChI is InChI=1S/C31H19Cl2FN2O2S/c32-24-7-3-6-22(27(24)33)25-15-13-20(38-25)16-26-30(37)36-29(18-8-11-19(34)12-9-18)23-14-10-17-4-1-2-5-21(17)28(23)35-31(36)39-26/h1-9,11-13,15-16,29H,10,14H2/b26-16+/t29-/m0/s1. The maximum absolute atomic E-state index is 13.9. The van der Waals surface area contributed by atoms with Gasteiger partial charge in [-0.3, -0.25) is 9.36 Å². The first-order chi connectivity index (χ1) is 19.0. The summed E-state index contributed by atoms with van der Waals surface area (Å²) < 4.78 is 22.1. The van der Waals surface area contributed by atoms with Crippen LogP contribution in [0.15, 0.2) is 98.6 Å². The first kappa shape index (κ1) is 24.3. The highest BCUT2D eigenvalue weighted by Crippen LogP contribution is 2.41. The third kappa shape index (κ3) is 4.11. The number of rotatable bonds is 3. The van der Waals surface area contributed by atoms with Gasteiger partial charge in [-0.15, -0.1) is 0 Å². The third-order valence-electron chi connectivity index (χ3n) is 7.18. The molecule has 2 aliphatic rings. The van der Waals surface area contributed by atoms with E-state index in [9.17, 15) is 9.18 Å². The minimum atomic E-state index is -0.371. The zero-order valence-electron chi connectivity index (χ0n) is 20.3. The van der Waals surface area contributed by atoms with Crippen molar-refractivity contribution in [3.8, 4) is 11.3 Å². The van der Waals surface area contributed by atoms with Gasteiger partial charge in [-0.2, -0.15) is 0 Å². The first-order valence-electron chi connectivity index (χ1n) is 12.4. The lowest BCUT2D eigenvalue weighted by atomic mass is 9.83. The van der Waals surface area contributed by atoms with Crippen molar-refractivity contribution in [3.05, 3.63) is 142 Å². The van der Waals surface area contributed by atoms with Crippen molar-refractivity contribution in [1.82, 2.24) is 4.57 Å². The number of aryl methyl sites for hydroxylation is 1. The Balaban J connectivity index is 1.40. The molecule has 0 N–H and O–H groups in total. The number of hydrogen-bond acceptors (Lipinski definition) is 4. The number of allylic oxidation sites excluding steroid dienone is 1. The summed E-state index contributed by atoms with van der Waals surface area (Å²) in [6, 6.07) is 23.2. The fraction of sp³-hybridized carbons (Fsp3) is 0.0968. The summed E-state index contributed by atoms with van der Waals surface area (Å²) in [4.78, 5) is 19.5. The van der Waals surface area contributed by atoms with Crippen LogP contribution in [-0.2, 0) is 6.42 Å². The van der Waals surface area contributed by atoms with Crippen molar-refractivity contribution in [2.45, 2.75) is 18.9 Å². The number of aromatic nitrogens is 1. The van der Waals surface area contributed by atoms with Crippen LogP contribution in [0.4, 0.5) is 4.39 Å². The Morgan fingerprint density at radius 3 is 2.59 bits per heavy atom. The molecular weight excluding hydrogens is 554 g/mol. The van der Waals surface area contributed by atoms with Gasteiger partial charge in [0.05, 0.1) is 26.3 Å². The molecule has 0 fully saturated rings. The maximum Gasteiger partial charge on any atom is 0.271 e. The van der Waals surface area contributed by atoms with Crippen LogP contribution in [0.1, 0.15) is 34.9 Å². The molecule has 0 bridgehead atoms. The second-order valence-corrected chi connectivity index (χ2v) is 11.3. The van der Waals surface area contributed by atoms with Crippen LogP contribution in [0, 0.1) is 5.82 Å². The van der Waals surface area contributed by atoms with Crippen molar-refractivity contribution >= 4 is 46.3 Å². The van der Waals surface area contributed by atoms with Gasteiger partial charge in [0.15, 0.2) is 4.80 Å². The fourth-order valence-corrected chi connectivity index (χ4v) is 6.74. The molecule has 4 nitrogen and oxygen atoms in total. The predicted molar refractivity (Wildman–Crippen MR) is 153 cm³/mol. The molecule has 0 spiro atoms. The number of fused-ring (bicyclic) bond motifs is 3. The molecule has 39 heavy (non-hydrogen) atoms. The predicted octanol–water partition coefficient (Wildman–Crippen LogP) is 7.02. The molecule has 1 atom stereocenters. The van der Waals surface area contributed by atoms with Gasteiger partial charge in [0.2, 0.25) is 0 Å². The molecule has 0 radical (unpaired) electrons. The van der Waals surface area contributed by atoms with Crippen molar-refractivity contribution in [1.29, 1.82) is 0 Å². The molecule has 2 aromatic heterocycles. The smallest absolute Gasteiger partial charge is 0.271 e. The quantitative estimate of drug-likeness (QED) is 0.233. The Bertz CT molecular complexity index is 1990. The molecule has 1 aliphatic carbocycles. The van der Waals surface area contributed by atoms with E-state index in [1.54, 1.807) is 47.0 Å². The second kappa shape index (κ2) is 9.49. The molecule has 0 amide bonds. The summed E-state index contributed by atoms with van der Waals surface area (Å²) in [5, 5.41) is 0.844. The van der Waals surface area contributed by atoms with E-state index in [1.165, 1.54) is 29.0 Å². The SMILES string of the molecule is O=c1/c(=C\c2ccc(-c3cccc(Cl)c3Cl)o2)sc2n1[C@@H](c1ccc(F)cc1)C1=C(N=2)c2ccccc2CC1. The zero-order valence-corrected chi connectivity index (χ0v) is 22.7. The summed E-state index contributed by atoms with van der Waals surface area (Å²) in [5.74, 6) is 0.749. The molecule has 0 unspecified atom stereocenters. The second-order valence-electron chi connectivity index (χ2n) is 9.47. The first-order valence-corrected chi connectivity index (χ1v) is 14.0. The van der Waals surface area contributed by atoms with Crippen LogP contribution < -0.4 is 14.9 Å². The Morgan fingerprint density at radius 2 is 1.74 bits per heavy atom. The molecule has 1 aliphatic heterocycles. The number of halogens is 3. The van der Waals surface area contributed by atoms with E-state index < -0.39 is 0 Å². The van der Waals surface area contributed by atoms with Gasteiger partial charge in [0, 0.05) is 17.2 Å². The number of nitrogens with zero attached hydrogens (tertiary/aromatic N) is 2. The van der Waals surface area contributed by atoms with Gasteiger partial charge in [0.25, 0.3) is 5.56 Å². The summed E-state index contributed by atoms with van der Waals surface area (Å²) in [6.07, 6.45) is 3.35. The van der Waals surface area contributed by atoms with E-state index in [4.69, 9.17) is 32.6 Å². The minimum absolute atomic E-state index is 0.169. The number of thiazole rings is 1. The Hall–Kier alpha value is -3.71. The molecule has 0 saturated heterocycles. The molecule has 3 aromatic carbocycles. The van der Waals surface area contributed by atoms with Crippen LogP contribution in [0.25, 0.3) is 23.1 Å². The molecule has 8 heteroatoms. The van der Waals surface area contributed by atoms with Crippen LogP contribution in [0.3, 0.4) is 0 Å². The average molecular weight is 573 g/mol. The molecule has 192 valence electrons. The van der Waals surface area contributed by atoms with E-state index in [0.717, 1.165) is 35.2 Å².